The Morgan fingerprint density at radius 3 is 1.67 bits per heavy atom. The largest absolute Gasteiger partial charge is 0.478 e. The summed E-state index contributed by atoms with van der Waals surface area (Å²) in [6, 6.07) is 0. The average Bonchev–Trinajstić information content (AvgIpc) is 2.56. The van der Waals surface area contributed by atoms with E-state index in [-0.39, 0.29) is 0 Å². The highest BCUT2D eigenvalue weighted by Gasteiger charge is 1.88. The molecule has 1 N–H and O–H groups in total. The summed E-state index contributed by atoms with van der Waals surface area (Å²) in [6.45, 7) is 2.25. The Kier molecular flexibility index (Phi) is 17.3. The Morgan fingerprint density at radius 1 is 0.667 bits per heavy atom. The summed E-state index contributed by atoms with van der Waals surface area (Å²) in [7, 11) is 0. The molecule has 0 aromatic rings. The van der Waals surface area contributed by atoms with Gasteiger partial charge in [0.2, 0.25) is 0 Å². The fourth-order valence-corrected chi connectivity index (χ4v) is 2.05. The van der Waals surface area contributed by atoms with Gasteiger partial charge in [-0.3, -0.25) is 0 Å². The second kappa shape index (κ2) is 19.0. The van der Waals surface area contributed by atoms with Gasteiger partial charge in [-0.05, 0) is 12.8 Å². The molecular weight excluding hydrogens is 296 g/mol. The lowest BCUT2D eigenvalue weighted by Crippen LogP contribution is -1.84. The summed E-state index contributed by atoms with van der Waals surface area (Å²) in [5.41, 5.74) is 0. The summed E-state index contributed by atoms with van der Waals surface area (Å²) in [4.78, 5) is 10.2. The first kappa shape index (κ1) is 21.9. The van der Waals surface area contributed by atoms with E-state index < -0.39 is 5.97 Å². The van der Waals surface area contributed by atoms with E-state index in [1.54, 1.807) is 12.2 Å². The van der Waals surface area contributed by atoms with Crippen LogP contribution in [0.4, 0.5) is 0 Å². The van der Waals surface area contributed by atoms with Gasteiger partial charge in [-0.25, -0.2) is 4.79 Å². The zero-order chi connectivity index (χ0) is 17.7. The Labute approximate surface area is 147 Å². The second-order valence-electron chi connectivity index (χ2n) is 5.58. The number of allylic oxidation sites excluding steroid dienone is 11. The number of aliphatic carboxylic acids is 1. The molecule has 0 aromatic heterocycles. The third kappa shape index (κ3) is 19.9. The fraction of sp³-hybridized carbons (Fsp3) is 0.409. The molecule has 0 aliphatic rings. The van der Waals surface area contributed by atoms with Crippen LogP contribution < -0.4 is 0 Å². The van der Waals surface area contributed by atoms with Crippen molar-refractivity contribution in [3.05, 3.63) is 72.9 Å². The van der Waals surface area contributed by atoms with Crippen molar-refractivity contribution in [3.63, 3.8) is 0 Å². The number of hydrogen-bond donors (Lipinski definition) is 1. The van der Waals surface area contributed by atoms with Crippen LogP contribution in [0.3, 0.4) is 0 Å². The topological polar surface area (TPSA) is 37.3 Å². The molecule has 2 nitrogen and oxygen atoms in total. The van der Waals surface area contributed by atoms with Crippen molar-refractivity contribution >= 4 is 5.97 Å². The molecule has 0 radical (unpaired) electrons. The van der Waals surface area contributed by atoms with E-state index >= 15 is 0 Å². The van der Waals surface area contributed by atoms with Crippen molar-refractivity contribution in [3.8, 4) is 0 Å². The van der Waals surface area contributed by atoms with Crippen LogP contribution in [0.1, 0.15) is 58.3 Å². The van der Waals surface area contributed by atoms with Gasteiger partial charge in [-0.15, -0.1) is 0 Å². The summed E-state index contributed by atoms with van der Waals surface area (Å²) in [5.74, 6) is -0.936. The van der Waals surface area contributed by atoms with E-state index in [0.29, 0.717) is 0 Å². The minimum Gasteiger partial charge on any atom is -0.478 e. The summed E-state index contributed by atoms with van der Waals surface area (Å²) in [6.07, 6.45) is 32.7. The Morgan fingerprint density at radius 2 is 1.12 bits per heavy atom. The molecule has 0 saturated heterocycles. The van der Waals surface area contributed by atoms with Crippen molar-refractivity contribution in [2.75, 3.05) is 0 Å². The molecule has 0 heterocycles. The third-order valence-electron chi connectivity index (χ3n) is 3.35. The van der Waals surface area contributed by atoms with Crippen LogP contribution in [0.5, 0.6) is 0 Å². The number of carboxylic acid groups (broad SMARTS) is 1. The number of carboxylic acids is 1. The van der Waals surface area contributed by atoms with Crippen molar-refractivity contribution in [1.82, 2.24) is 0 Å². The van der Waals surface area contributed by atoms with Crippen molar-refractivity contribution in [2.24, 2.45) is 0 Å². The van der Waals surface area contributed by atoms with Crippen LogP contribution in [0.25, 0.3) is 0 Å². The maximum Gasteiger partial charge on any atom is 0.328 e. The summed E-state index contributed by atoms with van der Waals surface area (Å²) in [5, 5.41) is 8.39. The zero-order valence-corrected chi connectivity index (χ0v) is 14.9. The maximum absolute atomic E-state index is 10.2. The minimum atomic E-state index is -0.936. The number of unbranched alkanes of at least 4 members (excludes halogenated alkanes) is 7. The normalized spacial score (nSPS) is 13.0. The molecule has 0 amide bonds. The van der Waals surface area contributed by atoms with Gasteiger partial charge in [-0.2, -0.15) is 0 Å². The standard InChI is InChI=1S/C22H32O2/c1-2-3-4-5-6-7-8-9-10-11-12-13-14-15-16-17-18-19-20-21-22(23)24/h10-21H,2-9H2,1H3,(H,23,24)/b11-10?,13-12?,15-14?,17-16?,19-18-,21-20?. The highest BCUT2D eigenvalue weighted by molar-refractivity contribution is 5.80. The van der Waals surface area contributed by atoms with Gasteiger partial charge in [0.15, 0.2) is 0 Å². The lowest BCUT2D eigenvalue weighted by molar-refractivity contribution is -0.131. The van der Waals surface area contributed by atoms with Crippen LogP contribution in [0.2, 0.25) is 0 Å². The molecule has 0 unspecified atom stereocenters. The first-order chi connectivity index (χ1) is 11.8. The molecular formula is C22H32O2. The quantitative estimate of drug-likeness (QED) is 0.223. The average molecular weight is 328 g/mol. The van der Waals surface area contributed by atoms with E-state index in [1.165, 1.54) is 51.0 Å². The van der Waals surface area contributed by atoms with Crippen LogP contribution in [0, 0.1) is 0 Å². The predicted octanol–water partition coefficient (Wildman–Crippen LogP) is 6.55. The van der Waals surface area contributed by atoms with Crippen LogP contribution in [0.15, 0.2) is 72.9 Å². The van der Waals surface area contributed by atoms with Gasteiger partial charge in [0.1, 0.15) is 0 Å². The molecule has 0 bridgehead atoms. The van der Waals surface area contributed by atoms with Crippen LogP contribution in [-0.4, -0.2) is 11.1 Å². The fourth-order valence-electron chi connectivity index (χ4n) is 2.05. The molecule has 0 rings (SSSR count). The highest BCUT2D eigenvalue weighted by atomic mass is 16.4. The SMILES string of the molecule is CCCCCCCCCC=CC=CC=CC=C/C=C\C=CC(=O)O. The van der Waals surface area contributed by atoms with Crippen molar-refractivity contribution < 1.29 is 9.90 Å². The molecule has 132 valence electrons. The third-order valence-corrected chi connectivity index (χ3v) is 3.35. The lowest BCUT2D eigenvalue weighted by atomic mass is 10.1. The summed E-state index contributed by atoms with van der Waals surface area (Å²) < 4.78 is 0. The van der Waals surface area contributed by atoms with Gasteiger partial charge in [0, 0.05) is 6.08 Å². The van der Waals surface area contributed by atoms with E-state index in [0.717, 1.165) is 12.5 Å². The first-order valence-corrected chi connectivity index (χ1v) is 9.00. The molecule has 0 atom stereocenters. The number of carbonyl (C=O) groups is 1. The van der Waals surface area contributed by atoms with E-state index in [1.807, 2.05) is 36.5 Å². The number of rotatable bonds is 14. The second-order valence-corrected chi connectivity index (χ2v) is 5.58. The molecule has 0 aliphatic heterocycles. The molecule has 0 aliphatic carbocycles. The Bertz CT molecular complexity index is 462. The Balaban J connectivity index is 3.57. The molecule has 2 heteroatoms. The first-order valence-electron chi connectivity index (χ1n) is 9.00. The molecule has 0 aromatic carbocycles. The molecule has 0 spiro atoms. The predicted molar refractivity (Wildman–Crippen MR) is 105 cm³/mol. The van der Waals surface area contributed by atoms with E-state index in [9.17, 15) is 4.79 Å². The monoisotopic (exact) mass is 328 g/mol. The minimum absolute atomic E-state index is 0.936. The molecule has 0 saturated carbocycles. The van der Waals surface area contributed by atoms with Crippen molar-refractivity contribution in [2.45, 2.75) is 58.3 Å². The van der Waals surface area contributed by atoms with Crippen LogP contribution >= 0.6 is 0 Å². The van der Waals surface area contributed by atoms with Gasteiger partial charge < -0.3 is 5.11 Å². The van der Waals surface area contributed by atoms with Crippen LogP contribution in [-0.2, 0) is 4.79 Å². The van der Waals surface area contributed by atoms with Crippen molar-refractivity contribution in [1.29, 1.82) is 0 Å². The van der Waals surface area contributed by atoms with Gasteiger partial charge in [0.25, 0.3) is 0 Å². The smallest absolute Gasteiger partial charge is 0.328 e. The summed E-state index contributed by atoms with van der Waals surface area (Å²) >= 11 is 0. The van der Waals surface area contributed by atoms with Gasteiger partial charge in [-0.1, -0.05) is 112 Å². The van der Waals surface area contributed by atoms with Gasteiger partial charge in [0.05, 0.1) is 0 Å². The highest BCUT2D eigenvalue weighted by Crippen LogP contribution is 2.08. The zero-order valence-electron chi connectivity index (χ0n) is 14.9. The Hall–Kier alpha value is -2.09. The number of hydrogen-bond acceptors (Lipinski definition) is 1. The lowest BCUT2D eigenvalue weighted by Gasteiger charge is -1.98. The van der Waals surface area contributed by atoms with E-state index in [4.69, 9.17) is 5.11 Å². The van der Waals surface area contributed by atoms with Gasteiger partial charge >= 0.3 is 5.97 Å². The molecule has 24 heavy (non-hydrogen) atoms. The molecule has 0 fully saturated rings. The van der Waals surface area contributed by atoms with E-state index in [2.05, 4.69) is 19.1 Å². The maximum atomic E-state index is 10.2.